The Kier molecular flexibility index (Phi) is 5.00. The number of carbonyl (C=O) groups is 2. The lowest BCUT2D eigenvalue weighted by Gasteiger charge is -2.06. The van der Waals surface area contributed by atoms with E-state index in [1.807, 2.05) is 18.2 Å². The smallest absolute Gasteiger partial charge is 0.335 e. The molecule has 0 fully saturated rings. The number of methoxy groups -OCH3 is 1. The van der Waals surface area contributed by atoms with Crippen molar-refractivity contribution < 1.29 is 19.4 Å². The standard InChI is InChI=1S/C16H14O4S/c1-20-13-7-12(16(18)19)8-14(9-13)21-10-15(17)11-5-3-2-4-6-11/h2-9H,10H2,1H3,(H,18,19). The van der Waals surface area contributed by atoms with Crippen LogP contribution in [-0.4, -0.2) is 29.7 Å². The minimum Gasteiger partial charge on any atom is -0.497 e. The van der Waals surface area contributed by atoms with E-state index in [-0.39, 0.29) is 17.1 Å². The lowest BCUT2D eigenvalue weighted by atomic mass is 10.2. The van der Waals surface area contributed by atoms with E-state index in [1.54, 1.807) is 18.2 Å². The molecule has 4 nitrogen and oxygen atoms in total. The number of carboxylic acid groups (broad SMARTS) is 1. The number of ketones is 1. The third kappa shape index (κ3) is 4.10. The summed E-state index contributed by atoms with van der Waals surface area (Å²) in [5.74, 6) is -0.314. The highest BCUT2D eigenvalue weighted by atomic mass is 32.2. The van der Waals surface area contributed by atoms with E-state index in [0.29, 0.717) is 16.2 Å². The summed E-state index contributed by atoms with van der Waals surface area (Å²) in [6, 6.07) is 13.7. The van der Waals surface area contributed by atoms with E-state index in [9.17, 15) is 9.59 Å². The van der Waals surface area contributed by atoms with Gasteiger partial charge in [0, 0.05) is 10.5 Å². The highest BCUT2D eigenvalue weighted by molar-refractivity contribution is 8.00. The van der Waals surface area contributed by atoms with Gasteiger partial charge in [-0.2, -0.15) is 0 Å². The van der Waals surface area contributed by atoms with Crippen molar-refractivity contribution in [3.63, 3.8) is 0 Å². The van der Waals surface area contributed by atoms with Crippen molar-refractivity contribution in [1.82, 2.24) is 0 Å². The Morgan fingerprint density at radius 1 is 1.10 bits per heavy atom. The molecule has 0 saturated heterocycles. The van der Waals surface area contributed by atoms with Gasteiger partial charge in [-0.3, -0.25) is 4.79 Å². The van der Waals surface area contributed by atoms with Crippen LogP contribution in [0.5, 0.6) is 5.75 Å². The number of thioether (sulfide) groups is 1. The van der Waals surface area contributed by atoms with E-state index >= 15 is 0 Å². The summed E-state index contributed by atoms with van der Waals surface area (Å²) in [6.07, 6.45) is 0. The lowest BCUT2D eigenvalue weighted by Crippen LogP contribution is -2.02. The molecule has 0 spiro atoms. The molecule has 21 heavy (non-hydrogen) atoms. The molecule has 0 radical (unpaired) electrons. The minimum absolute atomic E-state index is 0.000273. The fourth-order valence-corrected chi connectivity index (χ4v) is 2.63. The summed E-state index contributed by atoms with van der Waals surface area (Å²) in [5, 5.41) is 9.05. The predicted molar refractivity (Wildman–Crippen MR) is 81.4 cm³/mol. The summed E-state index contributed by atoms with van der Waals surface area (Å²) in [7, 11) is 1.48. The van der Waals surface area contributed by atoms with E-state index in [2.05, 4.69) is 0 Å². The first-order valence-electron chi connectivity index (χ1n) is 6.23. The van der Waals surface area contributed by atoms with Crippen LogP contribution < -0.4 is 4.74 Å². The van der Waals surface area contributed by atoms with Crippen LogP contribution in [0, 0.1) is 0 Å². The number of Topliss-reactive ketones (excluding diaryl/α,β-unsaturated/α-hetero) is 1. The van der Waals surface area contributed by atoms with E-state index in [4.69, 9.17) is 9.84 Å². The van der Waals surface area contributed by atoms with Gasteiger partial charge in [0.2, 0.25) is 0 Å². The highest BCUT2D eigenvalue weighted by Crippen LogP contribution is 2.26. The first-order chi connectivity index (χ1) is 10.1. The average molecular weight is 302 g/mol. The Hall–Kier alpha value is -2.27. The van der Waals surface area contributed by atoms with Crippen molar-refractivity contribution in [1.29, 1.82) is 0 Å². The molecule has 0 bridgehead atoms. The molecule has 0 unspecified atom stereocenters. The molecular weight excluding hydrogens is 288 g/mol. The van der Waals surface area contributed by atoms with Crippen LogP contribution >= 0.6 is 11.8 Å². The van der Waals surface area contributed by atoms with Crippen molar-refractivity contribution in [3.8, 4) is 5.75 Å². The maximum atomic E-state index is 12.0. The fraction of sp³-hybridized carbons (Fsp3) is 0.125. The summed E-state index contributed by atoms with van der Waals surface area (Å²) < 4.78 is 5.08. The number of ether oxygens (including phenoxy) is 1. The predicted octanol–water partition coefficient (Wildman–Crippen LogP) is 3.37. The van der Waals surface area contributed by atoms with Crippen LogP contribution in [0.1, 0.15) is 20.7 Å². The molecule has 2 aromatic rings. The van der Waals surface area contributed by atoms with Gasteiger partial charge in [-0.25, -0.2) is 4.79 Å². The van der Waals surface area contributed by atoms with Crippen LogP contribution in [0.2, 0.25) is 0 Å². The number of hydrogen-bond donors (Lipinski definition) is 1. The van der Waals surface area contributed by atoms with Gasteiger partial charge in [0.15, 0.2) is 5.78 Å². The van der Waals surface area contributed by atoms with Crippen molar-refractivity contribution >= 4 is 23.5 Å². The van der Waals surface area contributed by atoms with Crippen molar-refractivity contribution in [3.05, 3.63) is 59.7 Å². The lowest BCUT2D eigenvalue weighted by molar-refractivity contribution is 0.0696. The third-order valence-corrected chi connectivity index (χ3v) is 3.80. The van der Waals surface area contributed by atoms with Gasteiger partial charge in [0.05, 0.1) is 18.4 Å². The molecule has 0 aliphatic rings. The molecule has 108 valence electrons. The zero-order valence-electron chi connectivity index (χ0n) is 11.4. The Balaban J connectivity index is 2.11. The largest absolute Gasteiger partial charge is 0.497 e. The second-order valence-corrected chi connectivity index (χ2v) is 5.33. The number of aromatic carboxylic acids is 1. The van der Waals surface area contributed by atoms with Gasteiger partial charge in [-0.1, -0.05) is 30.3 Å². The Morgan fingerprint density at radius 3 is 2.43 bits per heavy atom. The fourth-order valence-electron chi connectivity index (χ4n) is 1.75. The molecule has 2 rings (SSSR count). The van der Waals surface area contributed by atoms with Gasteiger partial charge >= 0.3 is 5.97 Å². The second-order valence-electron chi connectivity index (χ2n) is 4.28. The van der Waals surface area contributed by atoms with Crippen LogP contribution in [0.15, 0.2) is 53.4 Å². The van der Waals surface area contributed by atoms with Gasteiger partial charge in [-0.15, -0.1) is 11.8 Å². The van der Waals surface area contributed by atoms with E-state index in [0.717, 1.165) is 0 Å². The molecule has 5 heteroatoms. The molecule has 0 aliphatic carbocycles. The Morgan fingerprint density at radius 2 is 1.81 bits per heavy atom. The molecule has 1 N–H and O–H groups in total. The summed E-state index contributed by atoms with van der Waals surface area (Å²) >= 11 is 1.29. The second kappa shape index (κ2) is 6.95. The summed E-state index contributed by atoms with van der Waals surface area (Å²) in [4.78, 5) is 23.8. The van der Waals surface area contributed by atoms with Crippen LogP contribution in [-0.2, 0) is 0 Å². The Bertz CT molecular complexity index is 653. The topological polar surface area (TPSA) is 63.6 Å². The summed E-state index contributed by atoms with van der Waals surface area (Å²) in [5.41, 5.74) is 0.787. The molecule has 0 aliphatic heterocycles. The van der Waals surface area contributed by atoms with Crippen LogP contribution in [0.4, 0.5) is 0 Å². The average Bonchev–Trinajstić information content (AvgIpc) is 2.53. The van der Waals surface area contributed by atoms with Gasteiger partial charge in [0.1, 0.15) is 5.75 Å². The van der Waals surface area contributed by atoms with Crippen molar-refractivity contribution in [2.75, 3.05) is 12.9 Å². The van der Waals surface area contributed by atoms with Crippen molar-refractivity contribution in [2.24, 2.45) is 0 Å². The monoisotopic (exact) mass is 302 g/mol. The first-order valence-corrected chi connectivity index (χ1v) is 7.22. The van der Waals surface area contributed by atoms with E-state index in [1.165, 1.54) is 31.0 Å². The number of carbonyl (C=O) groups excluding carboxylic acids is 1. The zero-order chi connectivity index (χ0) is 15.2. The Labute approximate surface area is 126 Å². The number of carboxylic acids is 1. The van der Waals surface area contributed by atoms with Crippen LogP contribution in [0.3, 0.4) is 0 Å². The molecule has 0 saturated carbocycles. The first kappa shape index (κ1) is 15.1. The maximum Gasteiger partial charge on any atom is 0.335 e. The highest BCUT2D eigenvalue weighted by Gasteiger charge is 2.10. The number of rotatable bonds is 6. The minimum atomic E-state index is -1.02. The quantitative estimate of drug-likeness (QED) is 0.654. The SMILES string of the molecule is COc1cc(SCC(=O)c2ccccc2)cc(C(=O)O)c1. The molecule has 0 aromatic heterocycles. The van der Waals surface area contributed by atoms with Gasteiger partial charge < -0.3 is 9.84 Å². The van der Waals surface area contributed by atoms with Gasteiger partial charge in [-0.05, 0) is 18.2 Å². The maximum absolute atomic E-state index is 12.0. The van der Waals surface area contributed by atoms with Crippen molar-refractivity contribution in [2.45, 2.75) is 4.90 Å². The third-order valence-electron chi connectivity index (χ3n) is 2.83. The van der Waals surface area contributed by atoms with Gasteiger partial charge in [0.25, 0.3) is 0 Å². The zero-order valence-corrected chi connectivity index (χ0v) is 12.2. The molecule has 0 heterocycles. The van der Waals surface area contributed by atoms with E-state index < -0.39 is 5.97 Å². The summed E-state index contributed by atoms with van der Waals surface area (Å²) in [6.45, 7) is 0. The molecule has 2 aromatic carbocycles. The molecule has 0 atom stereocenters. The molecule has 0 amide bonds. The molecular formula is C16H14O4S. The number of benzene rings is 2. The number of hydrogen-bond acceptors (Lipinski definition) is 4. The van der Waals surface area contributed by atoms with Crippen LogP contribution in [0.25, 0.3) is 0 Å². The normalized spacial score (nSPS) is 10.1.